The summed E-state index contributed by atoms with van der Waals surface area (Å²) in [6.45, 7) is 0. The van der Waals surface area contributed by atoms with Crippen LogP contribution in [0, 0.1) is 0 Å². The van der Waals surface area contributed by atoms with Gasteiger partial charge in [0.15, 0.2) is 0 Å². The Morgan fingerprint density at radius 3 is 1.24 bits per heavy atom. The minimum absolute atomic E-state index is 0. The van der Waals surface area contributed by atoms with E-state index in [2.05, 4.69) is 165 Å². The van der Waals surface area contributed by atoms with Gasteiger partial charge in [-0.2, -0.15) is 35.0 Å². The molecule has 0 amide bonds. The molecule has 0 saturated heterocycles. The Balaban J connectivity index is 0.000000181. The summed E-state index contributed by atoms with van der Waals surface area (Å²) in [5, 5.41) is 8.28. The molecule has 0 fully saturated rings. The molecule has 33 heavy (non-hydrogen) atoms. The topological polar surface area (TPSA) is 0 Å². The largest absolute Gasteiger partial charge is 0.168 e. The van der Waals surface area contributed by atoms with Crippen LogP contribution in [0.2, 0.25) is 0 Å². The zero-order chi connectivity index (χ0) is 22.0. The second-order valence-corrected chi connectivity index (χ2v) is 11.7. The van der Waals surface area contributed by atoms with Gasteiger partial charge < -0.3 is 13.8 Å². The Morgan fingerprint density at radius 2 is 0.848 bits per heavy atom. The van der Waals surface area contributed by atoms with E-state index in [1.165, 1.54) is 31.9 Å². The molecule has 0 heterocycles. The van der Waals surface area contributed by atoms with Gasteiger partial charge in [-0.25, -0.2) is 0 Å². The number of hydrogen-bond donors (Lipinski definition) is 0. The van der Waals surface area contributed by atoms with Crippen LogP contribution in [0.3, 0.4) is 0 Å². The number of fused-ring (bicyclic) bond motifs is 2. The van der Waals surface area contributed by atoms with Crippen molar-refractivity contribution in [2.45, 2.75) is 0 Å². The second-order valence-electron chi connectivity index (χ2n) is 7.42. The summed E-state index contributed by atoms with van der Waals surface area (Å²) in [6.07, 6.45) is -0.545. The van der Waals surface area contributed by atoms with Gasteiger partial charge in [-0.3, -0.25) is 0 Å². The molecule has 0 atom stereocenters. The van der Waals surface area contributed by atoms with E-state index < -0.39 is 6.19 Å². The molecular weight excluding hydrogens is 472 g/mol. The van der Waals surface area contributed by atoms with Crippen LogP contribution in [0.25, 0.3) is 21.5 Å². The van der Waals surface area contributed by atoms with E-state index in [1.807, 2.05) is 0 Å². The number of hydrogen-bond acceptors (Lipinski definition) is 0. The summed E-state index contributed by atoms with van der Waals surface area (Å²) in [5.74, 6) is 0. The van der Waals surface area contributed by atoms with Crippen molar-refractivity contribution in [3.63, 3.8) is 0 Å². The van der Waals surface area contributed by atoms with Gasteiger partial charge in [-0.15, -0.1) is 59.3 Å². The van der Waals surface area contributed by atoms with Crippen LogP contribution in [-0.4, -0.2) is 6.19 Å². The second kappa shape index (κ2) is 13.1. The van der Waals surface area contributed by atoms with Crippen molar-refractivity contribution >= 4 is 38.1 Å². The smallest absolute Gasteiger partial charge is 0.0809 e. The molecule has 0 spiro atoms. The predicted molar refractivity (Wildman–Crippen MR) is 138 cm³/mol. The minimum atomic E-state index is -0.545. The Kier molecular flexibility index (Phi) is 9.93. The van der Waals surface area contributed by atoms with Crippen molar-refractivity contribution in [1.29, 1.82) is 0 Å². The third-order valence-electron chi connectivity index (χ3n) is 5.22. The van der Waals surface area contributed by atoms with Crippen LogP contribution < -0.4 is 22.8 Å². The van der Waals surface area contributed by atoms with Crippen LogP contribution in [0.5, 0.6) is 0 Å². The molecule has 0 nitrogen and oxygen atoms in total. The maximum Gasteiger partial charge on any atom is -0.0809 e. The van der Waals surface area contributed by atoms with Crippen molar-refractivity contribution in [2.24, 2.45) is 0 Å². The normalized spacial score (nSPS) is 9.76. The molecule has 0 aliphatic rings. The minimum Gasteiger partial charge on any atom is -0.168 e. The first-order chi connectivity index (χ1) is 15.8. The van der Waals surface area contributed by atoms with E-state index in [4.69, 9.17) is 0 Å². The number of benzene rings is 4. The maximum absolute atomic E-state index is 2.34. The molecule has 162 valence electrons. The van der Waals surface area contributed by atoms with Gasteiger partial charge in [0, 0.05) is 0 Å². The van der Waals surface area contributed by atoms with Crippen molar-refractivity contribution in [2.75, 3.05) is 0 Å². The molecule has 0 radical (unpaired) electrons. The quantitative estimate of drug-likeness (QED) is 0.254. The molecule has 6 aromatic rings. The van der Waals surface area contributed by atoms with Gasteiger partial charge in [0.25, 0.3) is 0 Å². The van der Waals surface area contributed by atoms with Crippen molar-refractivity contribution < 1.29 is 33.0 Å². The Labute approximate surface area is 215 Å². The molecule has 0 aliphatic heterocycles. The fraction of sp³-hybridized carbons (Fsp3) is 0. The Morgan fingerprint density at radius 1 is 0.485 bits per heavy atom. The first kappa shape index (κ1) is 25.0. The van der Waals surface area contributed by atoms with E-state index in [0.717, 1.165) is 0 Å². The Hall–Kier alpha value is -2.68. The van der Waals surface area contributed by atoms with E-state index in [9.17, 15) is 0 Å². The molecule has 0 N–H and O–H groups in total. The van der Waals surface area contributed by atoms with Crippen molar-refractivity contribution in [1.82, 2.24) is 0 Å². The average molecular weight is 497 g/mol. The van der Waals surface area contributed by atoms with Crippen LogP contribution in [0.1, 0.15) is 1.43 Å². The van der Waals surface area contributed by atoms with Gasteiger partial charge >= 0.3 is 96.4 Å². The zero-order valence-electron chi connectivity index (χ0n) is 19.2. The third kappa shape index (κ3) is 7.15. The molecule has 3 heteroatoms. The molecule has 0 aliphatic carbocycles. The summed E-state index contributed by atoms with van der Waals surface area (Å²) in [4.78, 5) is 0. The standard InChI is InChI=1S/C12H10Si.2C9H7.ClH.Ti.H/c1-3-7-11(8-4-1)13-12-9-5-2-6-10-12;2*1-2-5-9-7-3-6-8(9)4-1;;;/h1-10H;2*1-7H;1H;;/q;2*-1;;+2;-1/p-1. The van der Waals surface area contributed by atoms with Crippen LogP contribution >= 0.6 is 0 Å². The van der Waals surface area contributed by atoms with E-state index in [1.54, 1.807) is 0 Å². The summed E-state index contributed by atoms with van der Waals surface area (Å²) in [5.41, 5.74) is 0. The predicted octanol–water partition coefficient (Wildman–Crippen LogP) is 3.57. The Bertz CT molecular complexity index is 1220. The monoisotopic (exact) mass is 496 g/mol. The van der Waals surface area contributed by atoms with Gasteiger partial charge in [-0.1, -0.05) is 12.1 Å². The van der Waals surface area contributed by atoms with E-state index in [0.29, 0.717) is 0 Å². The first-order valence-corrected chi connectivity index (χ1v) is 14.6. The van der Waals surface area contributed by atoms with E-state index in [-0.39, 0.29) is 13.8 Å². The average Bonchev–Trinajstić information content (AvgIpc) is 3.55. The van der Waals surface area contributed by atoms with Crippen LogP contribution in [0.4, 0.5) is 0 Å². The van der Waals surface area contributed by atoms with Gasteiger partial charge in [0.1, 0.15) is 0 Å². The third-order valence-corrected chi connectivity index (χ3v) is 9.75. The van der Waals surface area contributed by atoms with E-state index >= 15 is 0 Å². The van der Waals surface area contributed by atoms with Gasteiger partial charge in [0.05, 0.1) is 0 Å². The summed E-state index contributed by atoms with van der Waals surface area (Å²) < 4.78 is 0. The fourth-order valence-corrected chi connectivity index (χ4v) is 6.46. The maximum atomic E-state index is 2.34. The molecule has 0 unspecified atom stereocenters. The molecule has 0 saturated carbocycles. The summed E-state index contributed by atoms with van der Waals surface area (Å²) in [7, 11) is 0. The summed E-state index contributed by atoms with van der Waals surface area (Å²) >= 11 is 2.34. The molecular formula is C30H25ClSiTi-2. The zero-order valence-corrected chi connectivity index (χ0v) is 21.6. The van der Waals surface area contributed by atoms with Crippen LogP contribution in [-0.2, 0) is 19.2 Å². The molecule has 6 rings (SSSR count). The molecule has 6 aromatic carbocycles. The van der Waals surface area contributed by atoms with Gasteiger partial charge in [0.2, 0.25) is 0 Å². The number of halogens is 1. The fourth-order valence-electron chi connectivity index (χ4n) is 3.52. The first-order valence-electron chi connectivity index (χ1n) is 10.7. The SMILES string of the molecule is [Cl-].[H-].[Ti+2]=[Si](c1ccccc1)c1ccccc1.c1ccc2[cH-]ccc2c1.c1ccc2[cH-]ccc2c1. The molecule has 0 bridgehead atoms. The van der Waals surface area contributed by atoms with Crippen molar-refractivity contribution in [3.8, 4) is 0 Å². The van der Waals surface area contributed by atoms with Gasteiger partial charge in [-0.05, 0) is 0 Å². The van der Waals surface area contributed by atoms with Crippen LogP contribution in [0.15, 0.2) is 146 Å². The molecule has 0 aromatic heterocycles. The van der Waals surface area contributed by atoms with Crippen molar-refractivity contribution in [3.05, 3.63) is 146 Å². The number of rotatable bonds is 2. The summed E-state index contributed by atoms with van der Waals surface area (Å²) in [6, 6.07) is 50.9.